The summed E-state index contributed by atoms with van der Waals surface area (Å²) in [5.74, 6) is 0. The summed E-state index contributed by atoms with van der Waals surface area (Å²) in [6, 6.07) is 0. The van der Waals surface area contributed by atoms with E-state index in [1.54, 1.807) is 0 Å². The van der Waals surface area contributed by atoms with Crippen molar-refractivity contribution in [3.63, 3.8) is 0 Å². The minimum Gasteiger partial charge on any atom is -0.394 e. The van der Waals surface area contributed by atoms with Crippen molar-refractivity contribution in [1.82, 2.24) is 0 Å². The second-order valence-electron chi connectivity index (χ2n) is 3.10. The Morgan fingerprint density at radius 1 is 1.54 bits per heavy atom. The van der Waals surface area contributed by atoms with Gasteiger partial charge in [0.05, 0.1) is 32.5 Å². The number of ether oxygens (including phenoxy) is 2. The number of hydrogen-bond donors (Lipinski definition) is 1. The molecule has 1 N–H and O–H groups in total. The fourth-order valence-corrected chi connectivity index (χ4v) is 0.823. The molecule has 0 amide bonds. The zero-order valence-corrected chi connectivity index (χ0v) is 8.58. The second kappa shape index (κ2) is 8.23. The first-order chi connectivity index (χ1) is 6.20. The second-order valence-corrected chi connectivity index (χ2v) is 3.10. The Kier molecular flexibility index (Phi) is 7.99. The van der Waals surface area contributed by atoms with E-state index in [1.807, 2.05) is 13.8 Å². The Balaban J connectivity index is 3.45. The van der Waals surface area contributed by atoms with E-state index < -0.39 is 0 Å². The predicted molar refractivity (Wildman–Crippen MR) is 52.7 cm³/mol. The van der Waals surface area contributed by atoms with Crippen molar-refractivity contribution in [2.45, 2.75) is 26.4 Å². The van der Waals surface area contributed by atoms with E-state index in [4.69, 9.17) is 14.6 Å². The molecule has 0 aromatic rings. The summed E-state index contributed by atoms with van der Waals surface area (Å²) in [6.07, 6.45) is 1.03. The lowest BCUT2D eigenvalue weighted by Crippen LogP contribution is -2.20. The van der Waals surface area contributed by atoms with Crippen LogP contribution in [-0.2, 0) is 9.47 Å². The monoisotopic (exact) mass is 188 g/mol. The van der Waals surface area contributed by atoms with Crippen LogP contribution in [0, 0.1) is 0 Å². The SMILES string of the molecule is C=C(C)COC(CC)COCCO. The molecule has 1 atom stereocenters. The summed E-state index contributed by atoms with van der Waals surface area (Å²) in [5, 5.41) is 8.49. The number of hydrogen-bond acceptors (Lipinski definition) is 3. The van der Waals surface area contributed by atoms with Crippen LogP contribution in [0.4, 0.5) is 0 Å². The molecule has 0 bridgehead atoms. The highest BCUT2D eigenvalue weighted by atomic mass is 16.5. The molecule has 0 aliphatic rings. The minimum absolute atomic E-state index is 0.0664. The van der Waals surface area contributed by atoms with Crippen molar-refractivity contribution < 1.29 is 14.6 Å². The lowest BCUT2D eigenvalue weighted by atomic mass is 10.3. The number of aliphatic hydroxyl groups is 1. The Hall–Kier alpha value is -0.380. The van der Waals surface area contributed by atoms with Gasteiger partial charge in [0.1, 0.15) is 0 Å². The van der Waals surface area contributed by atoms with Crippen LogP contribution in [0.2, 0.25) is 0 Å². The summed E-state index contributed by atoms with van der Waals surface area (Å²) in [6.45, 7) is 9.31. The Morgan fingerprint density at radius 2 is 2.23 bits per heavy atom. The van der Waals surface area contributed by atoms with Gasteiger partial charge in [-0.15, -0.1) is 0 Å². The van der Waals surface area contributed by atoms with Crippen molar-refractivity contribution in [1.29, 1.82) is 0 Å². The van der Waals surface area contributed by atoms with Crippen molar-refractivity contribution >= 4 is 0 Å². The summed E-state index contributed by atoms with van der Waals surface area (Å²) in [4.78, 5) is 0. The molecule has 3 nitrogen and oxygen atoms in total. The van der Waals surface area contributed by atoms with E-state index in [0.29, 0.717) is 19.8 Å². The van der Waals surface area contributed by atoms with E-state index in [-0.39, 0.29) is 12.7 Å². The van der Waals surface area contributed by atoms with E-state index in [2.05, 4.69) is 6.58 Å². The zero-order valence-electron chi connectivity index (χ0n) is 8.58. The largest absolute Gasteiger partial charge is 0.394 e. The van der Waals surface area contributed by atoms with Crippen LogP contribution in [0.1, 0.15) is 20.3 Å². The first-order valence-corrected chi connectivity index (χ1v) is 4.65. The smallest absolute Gasteiger partial charge is 0.0810 e. The van der Waals surface area contributed by atoms with Gasteiger partial charge in [-0.2, -0.15) is 0 Å². The maximum Gasteiger partial charge on any atom is 0.0810 e. The minimum atomic E-state index is 0.0664. The van der Waals surface area contributed by atoms with Crippen molar-refractivity contribution in [3.8, 4) is 0 Å². The van der Waals surface area contributed by atoms with Crippen molar-refractivity contribution in [2.75, 3.05) is 26.4 Å². The van der Waals surface area contributed by atoms with Crippen LogP contribution in [0.3, 0.4) is 0 Å². The number of rotatable bonds is 8. The third-order valence-electron chi connectivity index (χ3n) is 1.56. The van der Waals surface area contributed by atoms with Crippen LogP contribution in [0.15, 0.2) is 12.2 Å². The molecule has 13 heavy (non-hydrogen) atoms. The average molecular weight is 188 g/mol. The molecule has 0 rings (SSSR count). The Morgan fingerprint density at radius 3 is 2.69 bits per heavy atom. The molecule has 0 aliphatic heterocycles. The van der Waals surface area contributed by atoms with Crippen LogP contribution >= 0.6 is 0 Å². The van der Waals surface area contributed by atoms with Gasteiger partial charge in [-0.1, -0.05) is 19.1 Å². The first kappa shape index (κ1) is 12.6. The van der Waals surface area contributed by atoms with Gasteiger partial charge in [0.25, 0.3) is 0 Å². The molecule has 1 unspecified atom stereocenters. The molecule has 0 spiro atoms. The molecule has 0 heterocycles. The standard InChI is InChI=1S/C10H20O3/c1-4-10(8-12-6-5-11)13-7-9(2)3/h10-11H,2,4-8H2,1,3H3. The van der Waals surface area contributed by atoms with E-state index in [9.17, 15) is 0 Å². The van der Waals surface area contributed by atoms with Crippen molar-refractivity contribution in [2.24, 2.45) is 0 Å². The fourth-order valence-electron chi connectivity index (χ4n) is 0.823. The van der Waals surface area contributed by atoms with Gasteiger partial charge < -0.3 is 14.6 Å². The molecule has 0 fully saturated rings. The highest BCUT2D eigenvalue weighted by Crippen LogP contribution is 2.01. The van der Waals surface area contributed by atoms with Crippen molar-refractivity contribution in [3.05, 3.63) is 12.2 Å². The molecular formula is C10H20O3. The van der Waals surface area contributed by atoms with Gasteiger partial charge in [0.15, 0.2) is 0 Å². The van der Waals surface area contributed by atoms with E-state index >= 15 is 0 Å². The third-order valence-corrected chi connectivity index (χ3v) is 1.56. The average Bonchev–Trinajstić information content (AvgIpc) is 2.10. The highest BCUT2D eigenvalue weighted by molar-refractivity contribution is 4.87. The molecule has 0 saturated carbocycles. The van der Waals surface area contributed by atoms with Gasteiger partial charge in [-0.05, 0) is 13.3 Å². The van der Waals surface area contributed by atoms with E-state index in [0.717, 1.165) is 12.0 Å². The molecule has 78 valence electrons. The van der Waals surface area contributed by atoms with Crippen LogP contribution in [-0.4, -0.2) is 37.6 Å². The summed E-state index contributed by atoms with van der Waals surface area (Å²) < 4.78 is 10.7. The molecular weight excluding hydrogens is 168 g/mol. The van der Waals surface area contributed by atoms with Crippen LogP contribution < -0.4 is 0 Å². The fraction of sp³-hybridized carbons (Fsp3) is 0.800. The lowest BCUT2D eigenvalue weighted by molar-refractivity contribution is -0.0173. The Bertz CT molecular complexity index is 134. The topological polar surface area (TPSA) is 38.7 Å². The molecule has 0 saturated heterocycles. The quantitative estimate of drug-likeness (QED) is 0.462. The van der Waals surface area contributed by atoms with Crippen LogP contribution in [0.5, 0.6) is 0 Å². The molecule has 0 aliphatic carbocycles. The molecule has 0 aromatic carbocycles. The lowest BCUT2D eigenvalue weighted by Gasteiger charge is -2.15. The molecule has 3 heteroatoms. The normalized spacial score (nSPS) is 12.8. The van der Waals surface area contributed by atoms with Gasteiger partial charge in [0.2, 0.25) is 0 Å². The summed E-state index contributed by atoms with van der Waals surface area (Å²) >= 11 is 0. The van der Waals surface area contributed by atoms with Gasteiger partial charge in [0, 0.05) is 0 Å². The van der Waals surface area contributed by atoms with Gasteiger partial charge in [-0.25, -0.2) is 0 Å². The molecule has 0 aromatic heterocycles. The van der Waals surface area contributed by atoms with Gasteiger partial charge in [-0.3, -0.25) is 0 Å². The Labute approximate surface area is 80.4 Å². The van der Waals surface area contributed by atoms with Crippen LogP contribution in [0.25, 0.3) is 0 Å². The number of aliphatic hydroxyl groups excluding tert-OH is 1. The third kappa shape index (κ3) is 7.96. The predicted octanol–water partition coefficient (Wildman–Crippen LogP) is 1.37. The molecule has 0 radical (unpaired) electrons. The first-order valence-electron chi connectivity index (χ1n) is 4.65. The summed E-state index contributed by atoms with van der Waals surface area (Å²) in [7, 11) is 0. The maximum absolute atomic E-state index is 8.49. The van der Waals surface area contributed by atoms with E-state index in [1.165, 1.54) is 0 Å². The van der Waals surface area contributed by atoms with Gasteiger partial charge >= 0.3 is 0 Å². The summed E-state index contributed by atoms with van der Waals surface area (Å²) in [5.41, 5.74) is 1.01. The maximum atomic E-state index is 8.49. The highest BCUT2D eigenvalue weighted by Gasteiger charge is 2.05. The zero-order chi connectivity index (χ0) is 10.1.